The molecule has 0 aromatic heterocycles. The Hall–Kier alpha value is -3.41. The molecule has 6 N–H and O–H groups in total. The molecule has 0 aromatic rings. The summed E-state index contributed by atoms with van der Waals surface area (Å²) in [6.07, 6.45) is 71.1. The first-order valence-electron chi connectivity index (χ1n) is 29.3. The number of hydrogen-bond donors (Lipinski definition) is 6. The number of ether oxygens (including phenoxy) is 2. The summed E-state index contributed by atoms with van der Waals surface area (Å²) in [5, 5.41) is 54.5. The van der Waals surface area contributed by atoms with E-state index in [1.807, 2.05) is 6.08 Å². The zero-order chi connectivity index (χ0) is 52.9. The fourth-order valence-electron chi connectivity index (χ4n) is 8.44. The molecule has 0 aliphatic carbocycles. The summed E-state index contributed by atoms with van der Waals surface area (Å²) in [6, 6.07) is -0.833. The van der Waals surface area contributed by atoms with E-state index in [9.17, 15) is 30.3 Å². The van der Waals surface area contributed by atoms with Crippen molar-refractivity contribution >= 4 is 5.91 Å². The van der Waals surface area contributed by atoms with Crippen LogP contribution in [0.3, 0.4) is 0 Å². The van der Waals surface area contributed by atoms with Gasteiger partial charge in [0.1, 0.15) is 24.4 Å². The molecule has 0 spiro atoms. The summed E-state index contributed by atoms with van der Waals surface area (Å²) in [4.78, 5) is 13.1. The van der Waals surface area contributed by atoms with E-state index in [0.29, 0.717) is 12.8 Å². The molecule has 1 saturated heterocycles. The summed E-state index contributed by atoms with van der Waals surface area (Å²) in [5.41, 5.74) is 0. The highest BCUT2D eigenvalue weighted by Gasteiger charge is 2.44. The molecule has 0 saturated carbocycles. The Morgan fingerprint density at radius 3 is 1.26 bits per heavy atom. The standard InChI is InChI=1S/C64H107NO8/c1-3-5-7-9-11-13-15-17-19-21-23-24-25-26-27-28-29-30-31-32-33-34-36-38-40-42-44-46-48-50-52-54-60(68)65-57(56-72-64-63(71)62(70)61(69)59(55-66)73-64)58(67)53-51-49-47-45-43-41-39-37-35-22-20-18-16-14-12-10-8-6-4-2/h5,7,11,13,17,19,23-24,26-27,29-30,32-33,36,38,42,44,51,53,57-59,61-64,66-67,69-71H,3-4,6,8-10,12,14-16,18,20-22,25,28,31,34-35,37,39-41,43,45-50,52,54-56H2,1-2H3,(H,65,68)/b7-5-,13-11-,19-17-,24-23-,27-26-,30-29-,33-32-,38-36-,44-42-,53-51+. The molecule has 1 amide bonds. The van der Waals surface area contributed by atoms with Crippen molar-refractivity contribution in [2.45, 2.75) is 262 Å². The van der Waals surface area contributed by atoms with Gasteiger partial charge >= 0.3 is 0 Å². The lowest BCUT2D eigenvalue weighted by Crippen LogP contribution is -2.60. The summed E-state index contributed by atoms with van der Waals surface area (Å²) < 4.78 is 11.3. The number of hydrogen-bond acceptors (Lipinski definition) is 8. The molecule has 1 heterocycles. The fourth-order valence-corrected chi connectivity index (χ4v) is 8.44. The largest absolute Gasteiger partial charge is 0.394 e. The van der Waals surface area contributed by atoms with Gasteiger partial charge in [0.05, 0.1) is 25.4 Å². The minimum Gasteiger partial charge on any atom is -0.394 e. The van der Waals surface area contributed by atoms with Gasteiger partial charge in [-0.05, 0) is 89.9 Å². The van der Waals surface area contributed by atoms with Gasteiger partial charge in [-0.2, -0.15) is 0 Å². The third-order valence-electron chi connectivity index (χ3n) is 13.0. The Bertz CT molecular complexity index is 1560. The molecular weight excluding hydrogens is 911 g/mol. The highest BCUT2D eigenvalue weighted by Crippen LogP contribution is 2.23. The van der Waals surface area contributed by atoms with Gasteiger partial charge < -0.3 is 40.3 Å². The molecular formula is C64H107NO8. The van der Waals surface area contributed by atoms with Crippen molar-refractivity contribution in [2.75, 3.05) is 13.2 Å². The molecule has 1 aliphatic heterocycles. The lowest BCUT2D eigenvalue weighted by Gasteiger charge is -2.40. The number of nitrogens with one attached hydrogen (secondary N) is 1. The van der Waals surface area contributed by atoms with Crippen LogP contribution in [0.5, 0.6) is 0 Å². The average molecular weight is 1020 g/mol. The zero-order valence-electron chi connectivity index (χ0n) is 46.1. The molecule has 416 valence electrons. The van der Waals surface area contributed by atoms with E-state index in [4.69, 9.17) is 9.47 Å². The molecule has 0 bridgehead atoms. The Labute approximate surface area is 446 Å². The van der Waals surface area contributed by atoms with Gasteiger partial charge in [-0.3, -0.25) is 4.79 Å². The number of unbranched alkanes of at least 4 members (excludes halogenated alkanes) is 20. The van der Waals surface area contributed by atoms with Crippen LogP contribution in [0.1, 0.15) is 219 Å². The molecule has 9 nitrogen and oxygen atoms in total. The van der Waals surface area contributed by atoms with E-state index >= 15 is 0 Å². The predicted octanol–water partition coefficient (Wildman–Crippen LogP) is 14.7. The summed E-state index contributed by atoms with van der Waals surface area (Å²) >= 11 is 0. The summed E-state index contributed by atoms with van der Waals surface area (Å²) in [6.45, 7) is 3.64. The molecule has 9 heteroatoms. The first kappa shape index (κ1) is 67.6. The summed E-state index contributed by atoms with van der Waals surface area (Å²) in [7, 11) is 0. The van der Waals surface area contributed by atoms with Crippen LogP contribution in [0.4, 0.5) is 0 Å². The Kier molecular flexibility index (Phi) is 48.2. The second-order valence-corrected chi connectivity index (χ2v) is 19.7. The van der Waals surface area contributed by atoms with Gasteiger partial charge in [0, 0.05) is 6.42 Å². The molecule has 1 rings (SSSR count). The van der Waals surface area contributed by atoms with Gasteiger partial charge in [0.25, 0.3) is 0 Å². The van der Waals surface area contributed by atoms with Crippen molar-refractivity contribution in [3.63, 3.8) is 0 Å². The van der Waals surface area contributed by atoms with E-state index in [2.05, 4.69) is 129 Å². The molecule has 7 unspecified atom stereocenters. The lowest BCUT2D eigenvalue weighted by molar-refractivity contribution is -0.302. The normalized spacial score (nSPS) is 20.0. The molecule has 0 aromatic carbocycles. The van der Waals surface area contributed by atoms with Crippen LogP contribution < -0.4 is 5.32 Å². The maximum Gasteiger partial charge on any atom is 0.220 e. The minimum atomic E-state index is -1.58. The van der Waals surface area contributed by atoms with Crippen LogP contribution in [0, 0.1) is 0 Å². The van der Waals surface area contributed by atoms with Crippen LogP contribution in [-0.2, 0) is 14.3 Å². The number of amides is 1. The van der Waals surface area contributed by atoms with Crippen molar-refractivity contribution in [3.8, 4) is 0 Å². The highest BCUT2D eigenvalue weighted by molar-refractivity contribution is 5.76. The average Bonchev–Trinajstić information content (AvgIpc) is 3.39. The SMILES string of the molecule is CC/C=C\C/C=C\C/C=C\C/C=C\C/C=C\C/C=C\C/C=C\C/C=C\C/C=C\CCCCCC(=O)NC(COC1OC(CO)C(O)C(O)C1O)C(O)/C=C/CCCCCCCCCCCCCCCCCCC. The van der Waals surface area contributed by atoms with Crippen molar-refractivity contribution in [2.24, 2.45) is 0 Å². The van der Waals surface area contributed by atoms with Gasteiger partial charge in [-0.25, -0.2) is 0 Å². The monoisotopic (exact) mass is 1020 g/mol. The van der Waals surface area contributed by atoms with Crippen LogP contribution in [0.2, 0.25) is 0 Å². The van der Waals surface area contributed by atoms with E-state index in [-0.39, 0.29) is 12.5 Å². The lowest BCUT2D eigenvalue weighted by atomic mass is 9.99. The second-order valence-electron chi connectivity index (χ2n) is 19.7. The van der Waals surface area contributed by atoms with Gasteiger partial charge in [-0.15, -0.1) is 0 Å². The second kappa shape index (κ2) is 52.0. The molecule has 7 atom stereocenters. The Morgan fingerprint density at radius 2 is 0.849 bits per heavy atom. The van der Waals surface area contributed by atoms with E-state index in [0.717, 1.165) is 96.3 Å². The Morgan fingerprint density at radius 1 is 0.479 bits per heavy atom. The zero-order valence-corrected chi connectivity index (χ0v) is 46.1. The van der Waals surface area contributed by atoms with Crippen LogP contribution in [0.25, 0.3) is 0 Å². The van der Waals surface area contributed by atoms with Crippen molar-refractivity contribution in [1.29, 1.82) is 0 Å². The van der Waals surface area contributed by atoms with E-state index in [1.165, 1.54) is 96.3 Å². The van der Waals surface area contributed by atoms with Gasteiger partial charge in [0.2, 0.25) is 5.91 Å². The molecule has 1 fully saturated rings. The molecule has 0 radical (unpaired) electrons. The topological polar surface area (TPSA) is 149 Å². The van der Waals surface area contributed by atoms with Gasteiger partial charge in [0.15, 0.2) is 6.29 Å². The fraction of sp³-hybridized carbons (Fsp3) is 0.672. The smallest absolute Gasteiger partial charge is 0.220 e. The number of aliphatic hydroxyl groups excluding tert-OH is 5. The minimum absolute atomic E-state index is 0.209. The third kappa shape index (κ3) is 41.5. The molecule has 1 aliphatic rings. The number of carbonyl (C=O) groups excluding carboxylic acids is 1. The number of rotatable bonds is 48. The summed E-state index contributed by atoms with van der Waals surface area (Å²) in [5.74, 6) is -0.213. The van der Waals surface area contributed by atoms with Crippen molar-refractivity contribution < 1.29 is 39.8 Å². The van der Waals surface area contributed by atoms with Gasteiger partial charge in [-0.1, -0.05) is 245 Å². The maximum absolute atomic E-state index is 13.1. The van der Waals surface area contributed by atoms with Crippen LogP contribution in [0.15, 0.2) is 122 Å². The van der Waals surface area contributed by atoms with Crippen LogP contribution in [-0.4, -0.2) is 87.5 Å². The van der Waals surface area contributed by atoms with E-state index < -0.39 is 49.5 Å². The predicted molar refractivity (Wildman–Crippen MR) is 308 cm³/mol. The highest BCUT2D eigenvalue weighted by atomic mass is 16.7. The quantitative estimate of drug-likeness (QED) is 0.0261. The molecule has 73 heavy (non-hydrogen) atoms. The number of aliphatic hydroxyl groups is 5. The Balaban J connectivity index is 2.28. The maximum atomic E-state index is 13.1. The van der Waals surface area contributed by atoms with Crippen LogP contribution >= 0.6 is 0 Å². The van der Waals surface area contributed by atoms with Crippen molar-refractivity contribution in [3.05, 3.63) is 122 Å². The van der Waals surface area contributed by atoms with Crippen molar-refractivity contribution in [1.82, 2.24) is 5.32 Å². The van der Waals surface area contributed by atoms with E-state index in [1.54, 1.807) is 6.08 Å². The first-order chi connectivity index (χ1) is 35.8. The number of carbonyl (C=O) groups is 1. The first-order valence-corrected chi connectivity index (χ1v) is 29.3. The number of allylic oxidation sites excluding steroid dienone is 19. The third-order valence-corrected chi connectivity index (χ3v) is 13.0.